The Morgan fingerprint density at radius 2 is 1.89 bits per heavy atom. The van der Waals surface area contributed by atoms with Crippen molar-refractivity contribution >= 4 is 17.2 Å². The van der Waals surface area contributed by atoms with Gasteiger partial charge in [0.25, 0.3) is 5.91 Å². The topological polar surface area (TPSA) is 99.2 Å². The van der Waals surface area contributed by atoms with Crippen molar-refractivity contribution in [3.63, 3.8) is 0 Å². The van der Waals surface area contributed by atoms with Crippen LogP contribution in [0.2, 0.25) is 0 Å². The van der Waals surface area contributed by atoms with Gasteiger partial charge in [0.2, 0.25) is 0 Å². The quantitative estimate of drug-likeness (QED) is 0.400. The van der Waals surface area contributed by atoms with Gasteiger partial charge in [-0.05, 0) is 49.4 Å². The van der Waals surface area contributed by atoms with Gasteiger partial charge < -0.3 is 10.1 Å². The van der Waals surface area contributed by atoms with E-state index in [4.69, 9.17) is 0 Å². The number of benzene rings is 1. The number of para-hydroxylation sites is 2. The maximum absolute atomic E-state index is 13.0. The van der Waals surface area contributed by atoms with Gasteiger partial charge in [-0.25, -0.2) is 19.2 Å². The summed E-state index contributed by atoms with van der Waals surface area (Å²) in [6.07, 6.45) is -1.77. The van der Waals surface area contributed by atoms with Gasteiger partial charge in [-0.3, -0.25) is 4.79 Å². The zero-order valence-electron chi connectivity index (χ0n) is 18.1. The maximum Gasteiger partial charge on any atom is 0.573 e. The molecule has 176 valence electrons. The van der Waals surface area contributed by atoms with Crippen LogP contribution in [0.15, 0.2) is 73.2 Å². The number of nitrogens with one attached hydrogen (secondary N) is 1. The van der Waals surface area contributed by atoms with Gasteiger partial charge in [0.05, 0.1) is 11.4 Å². The summed E-state index contributed by atoms with van der Waals surface area (Å²) in [7, 11) is 0. The molecule has 0 spiro atoms. The summed E-state index contributed by atoms with van der Waals surface area (Å²) in [5.41, 5.74) is 2.37. The molecule has 0 aliphatic rings. The number of hydrogen-bond acceptors (Lipinski definition) is 6. The van der Waals surface area contributed by atoms with Crippen molar-refractivity contribution in [1.82, 2.24) is 29.4 Å². The number of ether oxygens (including phenoxy) is 1. The van der Waals surface area contributed by atoms with Crippen LogP contribution in [-0.2, 0) is 0 Å². The minimum Gasteiger partial charge on any atom is -0.404 e. The van der Waals surface area contributed by atoms with Crippen LogP contribution in [0.25, 0.3) is 22.7 Å². The van der Waals surface area contributed by atoms with E-state index in [0.29, 0.717) is 22.7 Å². The number of nitrogens with zero attached hydrogens (tertiary/aromatic N) is 6. The molecule has 5 rings (SSSR count). The van der Waals surface area contributed by atoms with Crippen LogP contribution in [0.3, 0.4) is 0 Å². The molecule has 35 heavy (non-hydrogen) atoms. The Hall–Kier alpha value is -4.74. The van der Waals surface area contributed by atoms with Gasteiger partial charge in [-0.2, -0.15) is 10.2 Å². The molecule has 0 aliphatic carbocycles. The summed E-state index contributed by atoms with van der Waals surface area (Å²) in [5, 5.41) is 11.0. The number of aromatic nitrogens is 6. The van der Waals surface area contributed by atoms with Crippen molar-refractivity contribution in [2.45, 2.75) is 13.3 Å². The van der Waals surface area contributed by atoms with Crippen molar-refractivity contribution in [3.05, 3.63) is 84.6 Å². The SMILES string of the molecule is Cc1cccc(-n2nc(C(=O)Nc3ccccc3OC(F)(F)F)cc2-c2ccc3ncnn3c2)n1. The van der Waals surface area contributed by atoms with Crippen molar-refractivity contribution < 1.29 is 22.7 Å². The highest BCUT2D eigenvalue weighted by molar-refractivity contribution is 6.04. The number of halogens is 3. The minimum atomic E-state index is -4.91. The van der Waals surface area contributed by atoms with E-state index in [0.717, 1.165) is 11.8 Å². The van der Waals surface area contributed by atoms with E-state index < -0.39 is 18.0 Å². The number of amides is 1. The second-order valence-corrected chi connectivity index (χ2v) is 7.44. The Morgan fingerprint density at radius 1 is 1.06 bits per heavy atom. The van der Waals surface area contributed by atoms with Crippen LogP contribution in [0.5, 0.6) is 5.75 Å². The lowest BCUT2D eigenvalue weighted by Gasteiger charge is -2.13. The minimum absolute atomic E-state index is 0.0381. The molecule has 4 aromatic heterocycles. The lowest BCUT2D eigenvalue weighted by molar-refractivity contribution is -0.274. The number of fused-ring (bicyclic) bond motifs is 1. The third-order valence-corrected chi connectivity index (χ3v) is 4.96. The number of anilines is 1. The fourth-order valence-electron chi connectivity index (χ4n) is 3.46. The lowest BCUT2D eigenvalue weighted by Crippen LogP contribution is -2.19. The highest BCUT2D eigenvalue weighted by Crippen LogP contribution is 2.31. The summed E-state index contributed by atoms with van der Waals surface area (Å²) in [6.45, 7) is 1.82. The molecule has 1 N–H and O–H groups in total. The largest absolute Gasteiger partial charge is 0.573 e. The average molecular weight is 479 g/mol. The molecule has 5 aromatic rings. The Labute approximate surface area is 195 Å². The van der Waals surface area contributed by atoms with Gasteiger partial charge >= 0.3 is 6.36 Å². The van der Waals surface area contributed by atoms with Gasteiger partial charge in [-0.15, -0.1) is 13.2 Å². The Balaban J connectivity index is 1.55. The van der Waals surface area contributed by atoms with E-state index in [1.807, 2.05) is 13.0 Å². The summed E-state index contributed by atoms with van der Waals surface area (Å²) in [6, 6.07) is 15.7. The van der Waals surface area contributed by atoms with E-state index in [1.54, 1.807) is 35.0 Å². The number of pyridine rings is 2. The molecule has 0 fully saturated rings. The van der Waals surface area contributed by atoms with E-state index in [2.05, 4.69) is 30.2 Å². The number of alkyl halides is 3. The van der Waals surface area contributed by atoms with Crippen LogP contribution in [-0.4, -0.2) is 41.6 Å². The standard InChI is InChI=1S/C23H16F3N7O2/c1-14-5-4-8-21(29-14)33-18(15-9-10-20-27-13-28-32(20)12-15)11-17(31-33)22(34)30-16-6-2-3-7-19(16)35-23(24,25)26/h2-13H,1H3,(H,30,34). The lowest BCUT2D eigenvalue weighted by atomic mass is 10.2. The molecule has 0 saturated carbocycles. The first-order valence-corrected chi connectivity index (χ1v) is 10.3. The normalized spacial score (nSPS) is 11.5. The fourth-order valence-corrected chi connectivity index (χ4v) is 3.46. The van der Waals surface area contributed by atoms with Crippen molar-refractivity contribution in [3.8, 4) is 22.8 Å². The molecule has 4 heterocycles. The van der Waals surface area contributed by atoms with Crippen LogP contribution >= 0.6 is 0 Å². The van der Waals surface area contributed by atoms with Crippen LogP contribution in [0.4, 0.5) is 18.9 Å². The monoisotopic (exact) mass is 479 g/mol. The first-order chi connectivity index (χ1) is 16.8. The predicted octanol–water partition coefficient (Wildman–Crippen LogP) is 4.44. The molecular formula is C23H16F3N7O2. The zero-order valence-corrected chi connectivity index (χ0v) is 18.1. The molecule has 9 nitrogen and oxygen atoms in total. The van der Waals surface area contributed by atoms with Gasteiger partial charge in [-0.1, -0.05) is 18.2 Å². The molecule has 0 saturated heterocycles. The average Bonchev–Trinajstić information content (AvgIpc) is 3.46. The Bertz CT molecular complexity index is 1540. The fraction of sp³-hybridized carbons (Fsp3) is 0.0870. The third kappa shape index (κ3) is 4.67. The third-order valence-electron chi connectivity index (χ3n) is 4.96. The number of carbonyl (C=O) groups excluding carboxylic acids is 1. The van der Waals surface area contributed by atoms with Crippen LogP contribution in [0.1, 0.15) is 16.2 Å². The molecule has 0 unspecified atom stereocenters. The molecule has 0 radical (unpaired) electrons. The van der Waals surface area contributed by atoms with Crippen molar-refractivity contribution in [1.29, 1.82) is 0 Å². The summed E-state index contributed by atoms with van der Waals surface area (Å²) >= 11 is 0. The smallest absolute Gasteiger partial charge is 0.404 e. The summed E-state index contributed by atoms with van der Waals surface area (Å²) in [4.78, 5) is 21.6. The Kier molecular flexibility index (Phi) is 5.40. The van der Waals surface area contributed by atoms with Gasteiger partial charge in [0.1, 0.15) is 6.33 Å². The number of hydrogen-bond donors (Lipinski definition) is 1. The summed E-state index contributed by atoms with van der Waals surface area (Å²) < 4.78 is 45.4. The number of aryl methyl sites for hydroxylation is 1. The van der Waals surface area contributed by atoms with E-state index >= 15 is 0 Å². The predicted molar refractivity (Wildman–Crippen MR) is 119 cm³/mol. The first-order valence-electron chi connectivity index (χ1n) is 10.3. The summed E-state index contributed by atoms with van der Waals surface area (Å²) in [5.74, 6) is -0.804. The molecule has 1 amide bonds. The molecular weight excluding hydrogens is 463 g/mol. The van der Waals surface area contributed by atoms with E-state index in [1.165, 1.54) is 35.3 Å². The van der Waals surface area contributed by atoms with E-state index in [-0.39, 0.29) is 11.4 Å². The van der Waals surface area contributed by atoms with Gasteiger partial charge in [0, 0.05) is 17.5 Å². The molecule has 0 atom stereocenters. The zero-order chi connectivity index (χ0) is 24.6. The maximum atomic E-state index is 13.0. The number of carbonyl (C=O) groups is 1. The van der Waals surface area contributed by atoms with E-state index in [9.17, 15) is 18.0 Å². The Morgan fingerprint density at radius 3 is 2.69 bits per heavy atom. The molecule has 0 bridgehead atoms. The second kappa shape index (κ2) is 8.56. The van der Waals surface area contributed by atoms with Crippen molar-refractivity contribution in [2.75, 3.05) is 5.32 Å². The molecule has 12 heteroatoms. The van der Waals surface area contributed by atoms with Gasteiger partial charge in [0.15, 0.2) is 22.9 Å². The first kappa shape index (κ1) is 22.1. The van der Waals surface area contributed by atoms with Crippen LogP contribution < -0.4 is 10.1 Å². The number of rotatable bonds is 5. The second-order valence-electron chi connectivity index (χ2n) is 7.44. The highest BCUT2D eigenvalue weighted by atomic mass is 19.4. The van der Waals surface area contributed by atoms with Crippen molar-refractivity contribution in [2.24, 2.45) is 0 Å². The highest BCUT2D eigenvalue weighted by Gasteiger charge is 2.32. The molecule has 1 aromatic carbocycles. The van der Waals surface area contributed by atoms with Crippen LogP contribution in [0, 0.1) is 6.92 Å². The molecule has 0 aliphatic heterocycles.